The lowest BCUT2D eigenvalue weighted by molar-refractivity contribution is 0.473. The third-order valence-electron chi connectivity index (χ3n) is 5.02. The summed E-state index contributed by atoms with van der Waals surface area (Å²) in [5.74, 6) is 0.472. The van der Waals surface area contributed by atoms with Crippen LogP contribution in [0.4, 0.5) is 10.1 Å². The number of aryl methyl sites for hydroxylation is 3. The highest BCUT2D eigenvalue weighted by atomic mass is 32.2. The van der Waals surface area contributed by atoms with Gasteiger partial charge in [-0.3, -0.25) is 4.79 Å². The number of nitrogens with zero attached hydrogens (tertiary/aromatic N) is 2. The Balaban J connectivity index is 2.22. The highest BCUT2D eigenvalue weighted by Gasteiger charge is 2.19. The number of rotatable bonds is 8. The number of nitrogens with one attached hydrogen (secondary N) is 2. The van der Waals surface area contributed by atoms with Crippen LogP contribution in [0.15, 0.2) is 53.2 Å². The fourth-order valence-corrected chi connectivity index (χ4v) is 3.89. The molecule has 0 aliphatic carbocycles. The van der Waals surface area contributed by atoms with Gasteiger partial charge in [0.15, 0.2) is 0 Å². The van der Waals surface area contributed by atoms with Crippen molar-refractivity contribution in [1.29, 1.82) is 0 Å². The van der Waals surface area contributed by atoms with Gasteiger partial charge in [0.25, 0.3) is 5.56 Å². The molecule has 0 unspecified atom stereocenters. The van der Waals surface area contributed by atoms with Gasteiger partial charge in [-0.15, -0.1) is 0 Å². The van der Waals surface area contributed by atoms with Crippen molar-refractivity contribution in [2.75, 3.05) is 12.4 Å². The van der Waals surface area contributed by atoms with E-state index in [0.717, 1.165) is 5.41 Å². The van der Waals surface area contributed by atoms with Gasteiger partial charge in [-0.1, -0.05) is 18.7 Å². The summed E-state index contributed by atoms with van der Waals surface area (Å²) < 4.78 is 47.5. The molecular formula is C23H25FN4O4S. The van der Waals surface area contributed by atoms with E-state index in [1.165, 1.54) is 23.9 Å². The molecule has 3 rings (SSSR count). The minimum Gasteiger partial charge on any atom is -0.456 e. The largest absolute Gasteiger partial charge is 0.456 e. The van der Waals surface area contributed by atoms with Crippen LogP contribution in [0.1, 0.15) is 16.7 Å². The van der Waals surface area contributed by atoms with Crippen LogP contribution < -0.4 is 20.3 Å². The van der Waals surface area contributed by atoms with Crippen molar-refractivity contribution in [1.82, 2.24) is 14.5 Å². The third-order valence-corrected chi connectivity index (χ3v) is 6.01. The molecule has 0 bridgehead atoms. The maximum absolute atomic E-state index is 13.8. The fourth-order valence-electron chi connectivity index (χ4n) is 3.42. The first kappa shape index (κ1) is 24.1. The van der Waals surface area contributed by atoms with E-state index in [1.807, 2.05) is 0 Å². The molecule has 0 radical (unpaired) electrons. The molecule has 0 amide bonds. The van der Waals surface area contributed by atoms with Gasteiger partial charge in [-0.05, 0) is 54.8 Å². The lowest BCUT2D eigenvalue weighted by atomic mass is 10.0. The summed E-state index contributed by atoms with van der Waals surface area (Å²) in [6.07, 6.45) is 0. The van der Waals surface area contributed by atoms with Gasteiger partial charge < -0.3 is 10.1 Å². The van der Waals surface area contributed by atoms with Crippen molar-refractivity contribution in [3.8, 4) is 22.8 Å². The summed E-state index contributed by atoms with van der Waals surface area (Å²) in [6.45, 7) is 6.70. The summed E-state index contributed by atoms with van der Waals surface area (Å²) in [5.41, 5.74) is 2.62. The maximum atomic E-state index is 13.8. The van der Waals surface area contributed by atoms with Gasteiger partial charge in [0.2, 0.25) is 10.0 Å². The first-order chi connectivity index (χ1) is 15.6. The smallest absolute Gasteiger partial charge is 0.289 e. The number of hydrogen-bond donors (Lipinski definition) is 2. The van der Waals surface area contributed by atoms with Crippen molar-refractivity contribution in [3.63, 3.8) is 0 Å². The molecule has 0 aliphatic heterocycles. The molecule has 0 saturated heterocycles. The molecular weight excluding hydrogens is 447 g/mol. The van der Waals surface area contributed by atoms with Gasteiger partial charge >= 0.3 is 0 Å². The zero-order chi connectivity index (χ0) is 24.3. The highest BCUT2D eigenvalue weighted by Crippen LogP contribution is 2.38. The molecule has 0 spiro atoms. The van der Waals surface area contributed by atoms with Crippen molar-refractivity contribution < 1.29 is 17.5 Å². The van der Waals surface area contributed by atoms with Gasteiger partial charge in [-0.2, -0.15) is 5.10 Å². The molecule has 8 nitrogen and oxygen atoms in total. The Labute approximate surface area is 191 Å². The van der Waals surface area contributed by atoms with E-state index in [4.69, 9.17) is 4.74 Å². The number of aromatic nitrogens is 2. The second-order valence-corrected chi connectivity index (χ2v) is 9.13. The summed E-state index contributed by atoms with van der Waals surface area (Å²) >= 11 is 0. The highest BCUT2D eigenvalue weighted by molar-refractivity contribution is 7.92. The first-order valence-electron chi connectivity index (χ1n) is 10.0. The number of ether oxygens (including phenoxy) is 1. The molecule has 1 heterocycles. The summed E-state index contributed by atoms with van der Waals surface area (Å²) in [6, 6.07) is 9.45. The maximum Gasteiger partial charge on any atom is 0.289 e. The van der Waals surface area contributed by atoms with Gasteiger partial charge in [0, 0.05) is 31.6 Å². The number of benzene rings is 2. The van der Waals surface area contributed by atoms with E-state index in [1.54, 1.807) is 45.2 Å². The molecule has 2 aromatic carbocycles. The molecule has 0 fully saturated rings. The van der Waals surface area contributed by atoms with E-state index < -0.39 is 10.0 Å². The zero-order valence-corrected chi connectivity index (χ0v) is 19.6. The average molecular weight is 473 g/mol. The Morgan fingerprint density at radius 1 is 1.21 bits per heavy atom. The number of anilines is 1. The third kappa shape index (κ3) is 5.29. The van der Waals surface area contributed by atoms with Crippen molar-refractivity contribution in [2.45, 2.75) is 20.4 Å². The SMILES string of the molecule is C=CS(=O)(=O)NCc1cccc(Oc2c(C)cc(F)cc2C)c1-c1cc(NC)c(=O)n(C)n1. The first-order valence-corrected chi connectivity index (χ1v) is 11.6. The molecule has 0 saturated carbocycles. The van der Waals surface area contributed by atoms with Gasteiger partial charge in [-0.25, -0.2) is 22.2 Å². The van der Waals surface area contributed by atoms with Crippen LogP contribution in [-0.2, 0) is 23.6 Å². The molecule has 3 aromatic rings. The Hall–Kier alpha value is -3.50. The van der Waals surface area contributed by atoms with Crippen LogP contribution >= 0.6 is 0 Å². The van der Waals surface area contributed by atoms with Crippen molar-refractivity contribution >= 4 is 15.7 Å². The van der Waals surface area contributed by atoms with Crippen LogP contribution in [0.25, 0.3) is 11.3 Å². The quantitative estimate of drug-likeness (QED) is 0.519. The van der Waals surface area contributed by atoms with E-state index >= 15 is 0 Å². The topological polar surface area (TPSA) is 102 Å². The normalized spacial score (nSPS) is 11.3. The lowest BCUT2D eigenvalue weighted by Gasteiger charge is -2.18. The molecule has 2 N–H and O–H groups in total. The molecule has 33 heavy (non-hydrogen) atoms. The zero-order valence-electron chi connectivity index (χ0n) is 18.8. The predicted molar refractivity (Wildman–Crippen MR) is 126 cm³/mol. The molecule has 174 valence electrons. The number of hydrogen-bond acceptors (Lipinski definition) is 6. The van der Waals surface area contributed by atoms with Crippen LogP contribution in [-0.4, -0.2) is 25.2 Å². The van der Waals surface area contributed by atoms with Crippen LogP contribution in [0.2, 0.25) is 0 Å². The van der Waals surface area contributed by atoms with Gasteiger partial charge in [0.05, 0.1) is 5.69 Å². The predicted octanol–water partition coefficient (Wildman–Crippen LogP) is 3.60. The van der Waals surface area contributed by atoms with Crippen LogP contribution in [0.5, 0.6) is 11.5 Å². The van der Waals surface area contributed by atoms with Crippen LogP contribution in [0, 0.1) is 19.7 Å². The summed E-state index contributed by atoms with van der Waals surface area (Å²) in [4.78, 5) is 12.3. The van der Waals surface area contributed by atoms with Crippen molar-refractivity contribution in [3.05, 3.63) is 81.2 Å². The van der Waals surface area contributed by atoms with E-state index in [9.17, 15) is 17.6 Å². The Morgan fingerprint density at radius 3 is 2.48 bits per heavy atom. The van der Waals surface area contributed by atoms with E-state index in [0.29, 0.717) is 45.1 Å². The second kappa shape index (κ2) is 9.55. The second-order valence-electron chi connectivity index (χ2n) is 7.42. The summed E-state index contributed by atoms with van der Waals surface area (Å²) in [7, 11) is -0.554. The van der Waals surface area contributed by atoms with Crippen LogP contribution in [0.3, 0.4) is 0 Å². The van der Waals surface area contributed by atoms with E-state index in [-0.39, 0.29) is 17.9 Å². The Kier molecular flexibility index (Phi) is 6.99. The van der Waals surface area contributed by atoms with Crippen molar-refractivity contribution in [2.24, 2.45) is 7.05 Å². The minimum absolute atomic E-state index is 0.0678. The Morgan fingerprint density at radius 2 is 1.88 bits per heavy atom. The molecule has 1 aromatic heterocycles. The Bertz CT molecular complexity index is 1360. The minimum atomic E-state index is -3.69. The standard InChI is InChI=1S/C23H25FN4O4S/c1-6-33(30,31)26-13-16-8-7-9-20(32-22-14(2)10-17(24)11-15(22)3)21(16)18-12-19(25-4)23(29)28(5)27-18/h6-12,25-26H,1,13H2,2-5H3. The summed E-state index contributed by atoms with van der Waals surface area (Å²) in [5, 5.41) is 8.03. The lowest BCUT2D eigenvalue weighted by Crippen LogP contribution is -2.23. The molecule has 10 heteroatoms. The molecule has 0 aliphatic rings. The number of sulfonamides is 1. The monoisotopic (exact) mass is 472 g/mol. The molecule has 0 atom stereocenters. The van der Waals surface area contributed by atoms with Gasteiger partial charge in [0.1, 0.15) is 23.0 Å². The fraction of sp³-hybridized carbons (Fsp3) is 0.217. The van der Waals surface area contributed by atoms with E-state index in [2.05, 4.69) is 21.7 Å². The average Bonchev–Trinajstić information content (AvgIpc) is 2.76. The number of halogens is 1.